The van der Waals surface area contributed by atoms with Gasteiger partial charge in [-0.1, -0.05) is 151 Å². The van der Waals surface area contributed by atoms with Gasteiger partial charge in [-0.05, 0) is 66.2 Å². The zero-order chi connectivity index (χ0) is 39.6. The molecule has 0 aliphatic rings. The molecule has 0 aliphatic heterocycles. The van der Waals surface area contributed by atoms with Crippen LogP contribution in [0, 0.1) is 0 Å². The van der Waals surface area contributed by atoms with Gasteiger partial charge in [-0.3, -0.25) is 0 Å². The lowest BCUT2D eigenvalue weighted by atomic mass is 9.84. The number of hydrogen-bond donors (Lipinski definition) is 0. The van der Waals surface area contributed by atoms with E-state index in [1.54, 1.807) is 0 Å². The Bertz CT molecular complexity index is 3170. The first-order chi connectivity index (χ1) is 26.8. The lowest BCUT2D eigenvalue weighted by Gasteiger charge is -2.19. The standard InChI is InChI=1S/C42H26O/c1-2-13-27(14-3-1)40-32-18-6-8-20-34(32)41(35-21-9-7-19-33(35)40)36-26-25-30(28-15-4-5-16-29(28)36)37-22-12-23-38-31-17-10-11-24-39(31)43-42(37)38/h1-26H/i4D,5D,10D,11D,12D,15D,16D,17D,22D,23D,24D,25D,26D. The third-order valence-corrected chi connectivity index (χ3v) is 7.93. The maximum atomic E-state index is 9.75. The highest BCUT2D eigenvalue weighted by Crippen LogP contribution is 2.47. The average molecular weight is 560 g/mol. The Hall–Kier alpha value is -5.66. The van der Waals surface area contributed by atoms with Crippen molar-refractivity contribution in [1.82, 2.24) is 0 Å². The normalized spacial score (nSPS) is 16.0. The van der Waals surface area contributed by atoms with E-state index in [1.165, 1.54) is 0 Å². The third kappa shape index (κ3) is 3.58. The Morgan fingerprint density at radius 3 is 1.60 bits per heavy atom. The highest BCUT2D eigenvalue weighted by Gasteiger charge is 2.20. The van der Waals surface area contributed by atoms with Gasteiger partial charge in [0.15, 0.2) is 0 Å². The number of para-hydroxylation sites is 2. The fourth-order valence-electron chi connectivity index (χ4n) is 6.13. The van der Waals surface area contributed by atoms with Crippen molar-refractivity contribution in [2.24, 2.45) is 0 Å². The zero-order valence-corrected chi connectivity index (χ0v) is 22.4. The molecule has 1 heterocycles. The number of benzene rings is 8. The molecule has 1 nitrogen and oxygen atoms in total. The Morgan fingerprint density at radius 1 is 0.372 bits per heavy atom. The molecule has 0 unspecified atom stereocenters. The Kier molecular flexibility index (Phi) is 3.18. The Labute approximate surface area is 267 Å². The van der Waals surface area contributed by atoms with Crippen LogP contribution in [0.4, 0.5) is 0 Å². The Balaban J connectivity index is 1.53. The monoisotopic (exact) mass is 559 g/mol. The Morgan fingerprint density at radius 2 is 0.907 bits per heavy atom. The van der Waals surface area contributed by atoms with Crippen molar-refractivity contribution in [1.29, 1.82) is 0 Å². The lowest BCUT2D eigenvalue weighted by Crippen LogP contribution is -1.92. The summed E-state index contributed by atoms with van der Waals surface area (Å²) in [6.07, 6.45) is 0. The van der Waals surface area contributed by atoms with E-state index < -0.39 is 78.6 Å². The average Bonchev–Trinajstić information content (AvgIpc) is 3.61. The van der Waals surface area contributed by atoms with Gasteiger partial charge in [-0.25, -0.2) is 0 Å². The second-order valence-corrected chi connectivity index (χ2v) is 10.2. The van der Waals surface area contributed by atoms with Gasteiger partial charge in [-0.2, -0.15) is 0 Å². The smallest absolute Gasteiger partial charge is 0.143 e. The number of fused-ring (bicyclic) bond motifs is 6. The summed E-state index contributed by atoms with van der Waals surface area (Å²) in [6.45, 7) is 0. The van der Waals surface area contributed by atoms with Crippen LogP contribution in [0.15, 0.2) is 162 Å². The van der Waals surface area contributed by atoms with Gasteiger partial charge in [0.05, 0.1) is 17.8 Å². The maximum absolute atomic E-state index is 9.75. The molecule has 43 heavy (non-hydrogen) atoms. The van der Waals surface area contributed by atoms with Crippen LogP contribution >= 0.6 is 0 Å². The summed E-state index contributed by atoms with van der Waals surface area (Å²) in [4.78, 5) is 0. The fraction of sp³-hybridized carbons (Fsp3) is 0. The van der Waals surface area contributed by atoms with Crippen molar-refractivity contribution >= 4 is 54.3 Å². The van der Waals surface area contributed by atoms with Crippen LogP contribution in [0.3, 0.4) is 0 Å². The molecule has 1 aromatic heterocycles. The molecule has 0 radical (unpaired) electrons. The molecule has 0 fully saturated rings. The summed E-state index contributed by atoms with van der Waals surface area (Å²) in [5.41, 5.74) is 1.02. The van der Waals surface area contributed by atoms with Crippen LogP contribution in [0.25, 0.3) is 87.6 Å². The zero-order valence-electron chi connectivity index (χ0n) is 35.4. The van der Waals surface area contributed by atoms with Crippen molar-refractivity contribution in [3.8, 4) is 33.4 Å². The minimum absolute atomic E-state index is 0.0583. The van der Waals surface area contributed by atoms with Crippen molar-refractivity contribution in [2.75, 3.05) is 0 Å². The molecule has 0 saturated heterocycles. The molecule has 0 atom stereocenters. The second kappa shape index (κ2) is 9.44. The molecule has 9 rings (SSSR count). The van der Waals surface area contributed by atoms with E-state index >= 15 is 0 Å². The first-order valence-electron chi connectivity index (χ1n) is 20.2. The molecule has 0 amide bonds. The van der Waals surface area contributed by atoms with Crippen LogP contribution in [0.1, 0.15) is 17.8 Å². The number of rotatable bonds is 3. The van der Waals surface area contributed by atoms with E-state index in [9.17, 15) is 5.48 Å². The molecule has 0 bridgehead atoms. The fourth-order valence-corrected chi connectivity index (χ4v) is 6.13. The van der Waals surface area contributed by atoms with E-state index in [0.717, 1.165) is 21.9 Å². The van der Waals surface area contributed by atoms with E-state index in [2.05, 4.69) is 0 Å². The number of hydrogen-bond acceptors (Lipinski definition) is 1. The summed E-state index contributed by atoms with van der Waals surface area (Å²) >= 11 is 0. The molecule has 8 aromatic carbocycles. The van der Waals surface area contributed by atoms with Crippen LogP contribution in [-0.2, 0) is 0 Å². The van der Waals surface area contributed by atoms with Crippen LogP contribution in [-0.4, -0.2) is 0 Å². The minimum Gasteiger partial charge on any atom is -0.455 e. The lowest BCUT2D eigenvalue weighted by molar-refractivity contribution is 0.670. The molecule has 9 aromatic rings. The van der Waals surface area contributed by atoms with Gasteiger partial charge >= 0.3 is 0 Å². The molecule has 0 N–H and O–H groups in total. The van der Waals surface area contributed by atoms with Gasteiger partial charge in [0.1, 0.15) is 11.2 Å². The van der Waals surface area contributed by atoms with Crippen molar-refractivity contribution < 1.29 is 22.2 Å². The quantitative estimate of drug-likeness (QED) is 0.196. The topological polar surface area (TPSA) is 13.1 Å². The van der Waals surface area contributed by atoms with Crippen LogP contribution in [0.5, 0.6) is 0 Å². The minimum atomic E-state index is -0.667. The summed E-state index contributed by atoms with van der Waals surface area (Å²) in [5, 5.41) is 2.18. The van der Waals surface area contributed by atoms with Crippen molar-refractivity contribution in [3.05, 3.63) is 157 Å². The van der Waals surface area contributed by atoms with E-state index in [1.807, 2.05) is 78.9 Å². The first kappa shape index (κ1) is 14.5. The summed E-state index contributed by atoms with van der Waals surface area (Å²) in [7, 11) is 0. The summed E-state index contributed by atoms with van der Waals surface area (Å²) in [6, 6.07) is 17.4. The van der Waals surface area contributed by atoms with E-state index in [4.69, 9.17) is 16.8 Å². The third-order valence-electron chi connectivity index (χ3n) is 7.93. The first-order valence-corrected chi connectivity index (χ1v) is 13.7. The highest BCUT2D eigenvalue weighted by atomic mass is 16.3. The van der Waals surface area contributed by atoms with E-state index in [-0.39, 0.29) is 49.4 Å². The summed E-state index contributed by atoms with van der Waals surface area (Å²) in [5.74, 6) is 0. The molecule has 200 valence electrons. The van der Waals surface area contributed by atoms with Gasteiger partial charge in [0.2, 0.25) is 0 Å². The molecule has 0 spiro atoms. The van der Waals surface area contributed by atoms with Gasteiger partial charge in [0.25, 0.3) is 0 Å². The second-order valence-electron chi connectivity index (χ2n) is 10.2. The van der Waals surface area contributed by atoms with Gasteiger partial charge in [-0.15, -0.1) is 0 Å². The van der Waals surface area contributed by atoms with Crippen LogP contribution < -0.4 is 0 Å². The molecular formula is C42H26O. The maximum Gasteiger partial charge on any atom is 0.143 e. The predicted molar refractivity (Wildman–Crippen MR) is 183 cm³/mol. The largest absolute Gasteiger partial charge is 0.455 e. The molecular weight excluding hydrogens is 520 g/mol. The molecule has 1 heteroatoms. The summed E-state index contributed by atoms with van der Waals surface area (Å²) < 4.78 is 122. The predicted octanol–water partition coefficient (Wildman–Crippen LogP) is 12.0. The van der Waals surface area contributed by atoms with Gasteiger partial charge < -0.3 is 4.42 Å². The van der Waals surface area contributed by atoms with Crippen molar-refractivity contribution in [2.45, 2.75) is 0 Å². The van der Waals surface area contributed by atoms with Gasteiger partial charge in [0, 0.05) is 16.3 Å². The molecule has 0 aliphatic carbocycles. The molecule has 0 saturated carbocycles. The highest BCUT2D eigenvalue weighted by molar-refractivity contribution is 6.24. The van der Waals surface area contributed by atoms with Crippen molar-refractivity contribution in [3.63, 3.8) is 0 Å². The SMILES string of the molecule is [2H]c1c([2H])c([2H])c2c(oc3c(-c4c([2H])c([2H])c(-c5c6ccccc6c(-c6ccccc6)c6ccccc56)c5c([2H])c([2H])c([2H])c([2H])c45)c([2H])c([2H])c([2H])c32)c1[2H]. The van der Waals surface area contributed by atoms with Crippen LogP contribution in [0.2, 0.25) is 0 Å². The number of furan rings is 1. The van der Waals surface area contributed by atoms with E-state index in [0.29, 0.717) is 16.3 Å².